The minimum Gasteiger partial charge on any atom is -0.481 e. The molecule has 0 heterocycles. The smallest absolute Gasteiger partial charge is 0.317 e. The Morgan fingerprint density at radius 1 is 0.886 bits per heavy atom. The second kappa shape index (κ2) is 11.1. The molecular formula is C35H56O9. The molecule has 0 aromatic rings. The molecule has 0 amide bonds. The lowest BCUT2D eigenvalue weighted by Gasteiger charge is -2.71. The van der Waals surface area contributed by atoms with Crippen molar-refractivity contribution < 1.29 is 44.3 Å². The first-order chi connectivity index (χ1) is 19.9. The normalized spacial score (nSPS) is 42.9. The Bertz CT molecular complexity index is 1180. The van der Waals surface area contributed by atoms with Gasteiger partial charge in [0.15, 0.2) is 0 Å². The maximum absolute atomic E-state index is 12.6. The molecule has 4 aliphatic rings. The van der Waals surface area contributed by atoms with Crippen LogP contribution in [0.15, 0.2) is 12.2 Å². The Kier molecular flexibility index (Phi) is 8.79. The molecule has 4 aliphatic carbocycles. The molecule has 10 atom stereocenters. The number of carboxylic acids is 1. The van der Waals surface area contributed by atoms with Gasteiger partial charge in [0.05, 0.1) is 11.2 Å². The third-order valence-corrected chi connectivity index (χ3v) is 13.2. The summed E-state index contributed by atoms with van der Waals surface area (Å²) in [5.74, 6) is -2.50. The van der Waals surface area contributed by atoms with Gasteiger partial charge in [-0.15, -0.1) is 0 Å². The quantitative estimate of drug-likeness (QED) is 0.163. The van der Waals surface area contributed by atoms with Gasteiger partial charge < -0.3 is 29.9 Å². The summed E-state index contributed by atoms with van der Waals surface area (Å²) in [5, 5.41) is 43.7. The largest absolute Gasteiger partial charge is 0.481 e. The Balaban J connectivity index is 1.72. The van der Waals surface area contributed by atoms with Gasteiger partial charge in [-0.2, -0.15) is 0 Å². The number of ether oxygens (including phenoxy) is 2. The van der Waals surface area contributed by atoms with Gasteiger partial charge in [0.25, 0.3) is 0 Å². The van der Waals surface area contributed by atoms with Crippen molar-refractivity contribution >= 4 is 17.9 Å². The molecule has 44 heavy (non-hydrogen) atoms. The van der Waals surface area contributed by atoms with Gasteiger partial charge in [-0.25, -0.2) is 0 Å². The number of esters is 2. The third-order valence-electron chi connectivity index (χ3n) is 13.2. The van der Waals surface area contributed by atoms with Gasteiger partial charge in [-0.05, 0) is 100 Å². The Labute approximate surface area is 262 Å². The van der Waals surface area contributed by atoms with E-state index >= 15 is 0 Å². The first-order valence-corrected chi connectivity index (χ1v) is 16.4. The molecule has 2 unspecified atom stereocenters. The molecular weight excluding hydrogens is 564 g/mol. The van der Waals surface area contributed by atoms with E-state index in [1.807, 2.05) is 0 Å². The van der Waals surface area contributed by atoms with Crippen LogP contribution in [0.25, 0.3) is 0 Å². The highest BCUT2D eigenvalue weighted by Gasteiger charge is 2.75. The molecule has 0 aliphatic heterocycles. The van der Waals surface area contributed by atoms with Crippen molar-refractivity contribution in [1.29, 1.82) is 0 Å². The Morgan fingerprint density at radius 2 is 1.52 bits per heavy atom. The summed E-state index contributed by atoms with van der Waals surface area (Å²) < 4.78 is 11.9. The zero-order valence-electron chi connectivity index (χ0n) is 28.2. The Hall–Kier alpha value is -1.97. The number of hydrogen-bond acceptors (Lipinski definition) is 8. The van der Waals surface area contributed by atoms with E-state index in [1.165, 1.54) is 6.92 Å². The van der Waals surface area contributed by atoms with E-state index < -0.39 is 70.1 Å². The minimum absolute atomic E-state index is 0.136. The van der Waals surface area contributed by atoms with Crippen LogP contribution >= 0.6 is 0 Å². The van der Waals surface area contributed by atoms with Crippen LogP contribution in [0.2, 0.25) is 0 Å². The molecule has 4 N–H and O–H groups in total. The van der Waals surface area contributed by atoms with Crippen molar-refractivity contribution in [2.24, 2.45) is 39.4 Å². The zero-order valence-corrected chi connectivity index (χ0v) is 28.2. The van der Waals surface area contributed by atoms with E-state index in [4.69, 9.17) is 14.6 Å². The van der Waals surface area contributed by atoms with Gasteiger partial charge in [-0.3, -0.25) is 14.4 Å². The summed E-state index contributed by atoms with van der Waals surface area (Å²) in [5.41, 5.74) is -5.36. The van der Waals surface area contributed by atoms with Crippen molar-refractivity contribution in [1.82, 2.24) is 0 Å². The number of carbonyl (C=O) groups is 3. The number of aliphatic hydroxyl groups is 3. The van der Waals surface area contributed by atoms with Crippen molar-refractivity contribution in [3.8, 4) is 0 Å². The lowest BCUT2D eigenvalue weighted by molar-refractivity contribution is -0.274. The number of aliphatic carboxylic acids is 1. The molecule has 9 heteroatoms. The van der Waals surface area contributed by atoms with Crippen LogP contribution in [-0.4, -0.2) is 67.3 Å². The van der Waals surface area contributed by atoms with Crippen LogP contribution in [0.4, 0.5) is 0 Å². The monoisotopic (exact) mass is 620 g/mol. The predicted octanol–water partition coefficient (Wildman–Crippen LogP) is 5.18. The molecule has 0 saturated heterocycles. The summed E-state index contributed by atoms with van der Waals surface area (Å²) >= 11 is 0. The average molecular weight is 621 g/mol. The average Bonchev–Trinajstić information content (AvgIpc) is 3.15. The van der Waals surface area contributed by atoms with Crippen molar-refractivity contribution in [3.63, 3.8) is 0 Å². The number of carboxylic acid groups (broad SMARTS) is 1. The van der Waals surface area contributed by atoms with Gasteiger partial charge >= 0.3 is 17.9 Å². The summed E-state index contributed by atoms with van der Waals surface area (Å²) in [4.78, 5) is 36.1. The number of rotatable bonds is 8. The summed E-state index contributed by atoms with van der Waals surface area (Å²) in [6.45, 7) is 17.5. The van der Waals surface area contributed by atoms with E-state index in [9.17, 15) is 29.7 Å². The zero-order chi connectivity index (χ0) is 33.3. The van der Waals surface area contributed by atoms with Crippen molar-refractivity contribution in [2.75, 3.05) is 0 Å². The number of carbonyl (C=O) groups excluding carboxylic acids is 2. The highest BCUT2D eigenvalue weighted by atomic mass is 16.6. The van der Waals surface area contributed by atoms with E-state index in [2.05, 4.69) is 34.6 Å². The molecule has 0 radical (unpaired) electrons. The van der Waals surface area contributed by atoms with Crippen molar-refractivity contribution in [3.05, 3.63) is 12.2 Å². The van der Waals surface area contributed by atoms with Gasteiger partial charge in [0.1, 0.15) is 24.2 Å². The van der Waals surface area contributed by atoms with Gasteiger partial charge in [0, 0.05) is 18.3 Å². The minimum atomic E-state index is -1.53. The summed E-state index contributed by atoms with van der Waals surface area (Å²) in [6, 6.07) is 0. The predicted molar refractivity (Wildman–Crippen MR) is 164 cm³/mol. The highest BCUT2D eigenvalue weighted by molar-refractivity contribution is 5.90. The molecule has 0 aromatic carbocycles. The molecule has 0 spiro atoms. The SMILES string of the molecule is CC(=O)OC1C[C@@H]2[C@@]3(C)CCC(OC(=O)CC(=O)O)C(C)(C)[C@@H]3CC[C@@]2(C)[C@]2(C)CC[C@](O)([C@@](C)(O)C/C=C/C(C)(C)O)[C@@H]12. The van der Waals surface area contributed by atoms with Crippen LogP contribution in [0.5, 0.6) is 0 Å². The van der Waals surface area contributed by atoms with E-state index in [1.54, 1.807) is 32.9 Å². The fourth-order valence-electron chi connectivity index (χ4n) is 11.0. The van der Waals surface area contributed by atoms with Crippen LogP contribution in [0.1, 0.15) is 120 Å². The fraction of sp³-hybridized carbons (Fsp3) is 0.857. The molecule has 0 aromatic heterocycles. The van der Waals surface area contributed by atoms with Crippen LogP contribution in [-0.2, 0) is 23.9 Å². The standard InChI is InChI=1S/C35H56O9/c1-21(36)43-22-19-24-31(6)15-12-25(44-27(39)20-26(37)38)30(4,5)23(31)11-16-32(24,7)33(8)17-18-35(42,28(22)33)34(9,41)14-10-13-29(2,3)40/h10,13,22-25,28,40-42H,11-12,14-20H2,1-9H3,(H,37,38)/b13-10+/t22?,23-,24+,25?,28-,31-,32+,33+,34-,35+/m0/s1. The fourth-order valence-corrected chi connectivity index (χ4v) is 11.0. The van der Waals surface area contributed by atoms with Crippen LogP contribution in [0.3, 0.4) is 0 Å². The first kappa shape index (κ1) is 34.9. The van der Waals surface area contributed by atoms with Crippen LogP contribution in [0, 0.1) is 39.4 Å². The number of hydrogen-bond donors (Lipinski definition) is 4. The second-order valence-electron chi connectivity index (χ2n) is 16.7. The van der Waals surface area contributed by atoms with E-state index in [0.717, 1.165) is 19.3 Å². The third kappa shape index (κ3) is 5.53. The second-order valence-corrected chi connectivity index (χ2v) is 16.7. The van der Waals surface area contributed by atoms with E-state index in [-0.39, 0.29) is 29.1 Å². The van der Waals surface area contributed by atoms with Crippen LogP contribution < -0.4 is 0 Å². The molecule has 4 saturated carbocycles. The topological polar surface area (TPSA) is 151 Å². The van der Waals surface area contributed by atoms with Gasteiger partial charge in [0.2, 0.25) is 0 Å². The van der Waals surface area contributed by atoms with Crippen molar-refractivity contribution in [2.45, 2.75) is 149 Å². The summed E-state index contributed by atoms with van der Waals surface area (Å²) in [7, 11) is 0. The lowest BCUT2D eigenvalue weighted by atomic mass is 9.35. The Morgan fingerprint density at radius 3 is 2.09 bits per heavy atom. The number of fused-ring (bicyclic) bond motifs is 5. The first-order valence-electron chi connectivity index (χ1n) is 16.4. The molecule has 9 nitrogen and oxygen atoms in total. The maximum Gasteiger partial charge on any atom is 0.317 e. The lowest BCUT2D eigenvalue weighted by Crippen LogP contribution is -2.70. The highest BCUT2D eigenvalue weighted by Crippen LogP contribution is 2.76. The molecule has 4 fully saturated rings. The summed E-state index contributed by atoms with van der Waals surface area (Å²) in [6.07, 6.45) is 6.58. The molecule has 250 valence electrons. The van der Waals surface area contributed by atoms with Gasteiger partial charge in [-0.1, -0.05) is 46.8 Å². The maximum atomic E-state index is 12.6. The van der Waals surface area contributed by atoms with E-state index in [0.29, 0.717) is 25.7 Å². The molecule has 4 rings (SSSR count). The molecule has 0 bridgehead atoms.